The van der Waals surface area contributed by atoms with Crippen LogP contribution in [0.3, 0.4) is 0 Å². The van der Waals surface area contributed by atoms with Crippen molar-refractivity contribution in [2.45, 2.75) is 0 Å². The highest BCUT2D eigenvalue weighted by Gasteiger charge is 2.13. The number of carbonyl (C=O) groups is 1. The van der Waals surface area contributed by atoms with Crippen LogP contribution in [0.15, 0.2) is 30.3 Å². The maximum absolute atomic E-state index is 13.4. The molecule has 3 nitrogen and oxygen atoms in total. The van der Waals surface area contributed by atoms with Gasteiger partial charge in [0, 0.05) is 5.56 Å². The Morgan fingerprint density at radius 3 is 2.42 bits per heavy atom. The predicted molar refractivity (Wildman–Crippen MR) is 68.6 cm³/mol. The Balaban J connectivity index is 2.28. The van der Waals surface area contributed by atoms with Crippen molar-refractivity contribution in [3.8, 4) is 0 Å². The molecule has 0 aliphatic heterocycles. The van der Waals surface area contributed by atoms with Gasteiger partial charge < -0.3 is 5.32 Å². The van der Waals surface area contributed by atoms with Gasteiger partial charge in [0.05, 0.1) is 5.69 Å². The molecule has 0 saturated heterocycles. The maximum atomic E-state index is 13.4. The van der Waals surface area contributed by atoms with E-state index in [1.807, 2.05) is 0 Å². The summed E-state index contributed by atoms with van der Waals surface area (Å²) < 4.78 is 26.4. The summed E-state index contributed by atoms with van der Waals surface area (Å²) in [7, 11) is 0. The third-order valence-electron chi connectivity index (χ3n) is 2.22. The quantitative estimate of drug-likeness (QED) is 0.854. The number of hydrogen-bond donors (Lipinski definition) is 1. The topological polar surface area (TPSA) is 42.0 Å². The highest BCUT2D eigenvalue weighted by atomic mass is 35.5. The zero-order valence-electron chi connectivity index (χ0n) is 9.25. The first-order valence-corrected chi connectivity index (χ1v) is 5.81. The molecular weight excluding hydrogens is 297 g/mol. The molecule has 0 unspecified atom stereocenters. The van der Waals surface area contributed by atoms with Crippen molar-refractivity contribution in [2.24, 2.45) is 0 Å². The minimum Gasteiger partial charge on any atom is -0.319 e. The second-order valence-electron chi connectivity index (χ2n) is 3.56. The zero-order chi connectivity index (χ0) is 14.0. The van der Waals surface area contributed by atoms with Gasteiger partial charge in [0.2, 0.25) is 0 Å². The largest absolute Gasteiger partial charge is 0.319 e. The molecule has 1 N–H and O–H groups in total. The number of pyridine rings is 1. The van der Waals surface area contributed by atoms with E-state index in [9.17, 15) is 13.6 Å². The lowest BCUT2D eigenvalue weighted by atomic mass is 10.2. The summed E-state index contributed by atoms with van der Waals surface area (Å²) >= 11 is 11.3. The molecule has 0 saturated carbocycles. The van der Waals surface area contributed by atoms with Crippen molar-refractivity contribution < 1.29 is 13.6 Å². The van der Waals surface area contributed by atoms with Gasteiger partial charge in [0.15, 0.2) is 11.6 Å². The van der Waals surface area contributed by atoms with Gasteiger partial charge in [-0.2, -0.15) is 0 Å². The number of hydrogen-bond acceptors (Lipinski definition) is 2. The van der Waals surface area contributed by atoms with E-state index in [1.54, 1.807) is 0 Å². The van der Waals surface area contributed by atoms with Crippen LogP contribution in [0.5, 0.6) is 0 Å². The van der Waals surface area contributed by atoms with Crippen molar-refractivity contribution >= 4 is 34.8 Å². The van der Waals surface area contributed by atoms with Crippen LogP contribution >= 0.6 is 23.2 Å². The Kier molecular flexibility index (Phi) is 3.97. The molecule has 0 aliphatic carbocycles. The number of aromatic nitrogens is 1. The van der Waals surface area contributed by atoms with E-state index in [2.05, 4.69) is 10.3 Å². The Bertz CT molecular complexity index is 629. The van der Waals surface area contributed by atoms with Crippen molar-refractivity contribution in [2.75, 3.05) is 5.32 Å². The van der Waals surface area contributed by atoms with E-state index in [-0.39, 0.29) is 21.6 Å². The second-order valence-corrected chi connectivity index (χ2v) is 4.33. The molecule has 1 amide bonds. The van der Waals surface area contributed by atoms with Gasteiger partial charge in [-0.25, -0.2) is 13.8 Å². The van der Waals surface area contributed by atoms with Crippen LogP contribution in [-0.4, -0.2) is 10.9 Å². The fraction of sp³-hybridized carbons (Fsp3) is 0. The van der Waals surface area contributed by atoms with Crippen LogP contribution in [0.1, 0.15) is 10.4 Å². The Hall–Kier alpha value is -1.72. The van der Waals surface area contributed by atoms with Crippen molar-refractivity contribution in [1.82, 2.24) is 4.98 Å². The van der Waals surface area contributed by atoms with Crippen molar-refractivity contribution in [3.05, 3.63) is 57.8 Å². The van der Waals surface area contributed by atoms with Gasteiger partial charge in [-0.1, -0.05) is 29.3 Å². The monoisotopic (exact) mass is 302 g/mol. The first-order valence-electron chi connectivity index (χ1n) is 5.06. The van der Waals surface area contributed by atoms with Gasteiger partial charge in [-0.05, 0) is 24.3 Å². The molecule has 7 heteroatoms. The molecule has 1 heterocycles. The fourth-order valence-electron chi connectivity index (χ4n) is 1.39. The summed E-state index contributed by atoms with van der Waals surface area (Å²) in [5.74, 6) is -2.86. The van der Waals surface area contributed by atoms with Gasteiger partial charge in [-0.15, -0.1) is 0 Å². The molecule has 0 atom stereocenters. The van der Waals surface area contributed by atoms with Gasteiger partial charge in [0.1, 0.15) is 10.3 Å². The molecule has 19 heavy (non-hydrogen) atoms. The Morgan fingerprint density at radius 1 is 1.16 bits per heavy atom. The van der Waals surface area contributed by atoms with E-state index in [1.165, 1.54) is 24.3 Å². The van der Waals surface area contributed by atoms with Crippen LogP contribution in [-0.2, 0) is 0 Å². The Morgan fingerprint density at radius 2 is 1.79 bits per heavy atom. The standard InChI is InChI=1S/C12H6Cl2F2N2O/c13-9-4-6(5-10(14)18-9)12(19)17-8-3-1-2-7(15)11(8)16/h1-5H,(H,17,19). The van der Waals surface area contributed by atoms with Crippen LogP contribution < -0.4 is 5.32 Å². The highest BCUT2D eigenvalue weighted by molar-refractivity contribution is 6.33. The maximum Gasteiger partial charge on any atom is 0.255 e. The lowest BCUT2D eigenvalue weighted by molar-refractivity contribution is 0.102. The third kappa shape index (κ3) is 3.19. The summed E-state index contributed by atoms with van der Waals surface area (Å²) in [6.07, 6.45) is 0. The number of carbonyl (C=O) groups excluding carboxylic acids is 1. The number of benzene rings is 1. The van der Waals surface area contributed by atoms with E-state index in [4.69, 9.17) is 23.2 Å². The van der Waals surface area contributed by atoms with Gasteiger partial charge in [0.25, 0.3) is 5.91 Å². The summed E-state index contributed by atoms with van der Waals surface area (Å²) in [6, 6.07) is 5.99. The molecule has 0 aliphatic rings. The van der Waals surface area contributed by atoms with E-state index >= 15 is 0 Å². The van der Waals surface area contributed by atoms with Crippen LogP contribution in [0.25, 0.3) is 0 Å². The van der Waals surface area contributed by atoms with Gasteiger partial charge >= 0.3 is 0 Å². The highest BCUT2D eigenvalue weighted by Crippen LogP contribution is 2.19. The molecule has 2 rings (SSSR count). The molecule has 0 radical (unpaired) electrons. The van der Waals surface area contributed by atoms with Crippen LogP contribution in [0.4, 0.5) is 14.5 Å². The molecule has 0 fully saturated rings. The summed E-state index contributed by atoms with van der Waals surface area (Å²) in [5, 5.41) is 2.27. The number of amides is 1. The van der Waals surface area contributed by atoms with E-state index in [0.717, 1.165) is 6.07 Å². The molecule has 1 aromatic heterocycles. The van der Waals surface area contributed by atoms with Gasteiger partial charge in [-0.3, -0.25) is 4.79 Å². The lowest BCUT2D eigenvalue weighted by Gasteiger charge is -2.07. The second kappa shape index (κ2) is 5.50. The predicted octanol–water partition coefficient (Wildman–Crippen LogP) is 3.92. The normalized spacial score (nSPS) is 10.3. The first kappa shape index (κ1) is 13.7. The molecule has 1 aromatic carbocycles. The molecule has 0 bridgehead atoms. The molecule has 98 valence electrons. The summed E-state index contributed by atoms with van der Waals surface area (Å²) in [6.45, 7) is 0. The smallest absolute Gasteiger partial charge is 0.255 e. The van der Waals surface area contributed by atoms with Crippen molar-refractivity contribution in [3.63, 3.8) is 0 Å². The Labute approximate surface area is 117 Å². The number of anilines is 1. The van der Waals surface area contributed by atoms with Crippen LogP contribution in [0, 0.1) is 11.6 Å². The van der Waals surface area contributed by atoms with E-state index < -0.39 is 17.5 Å². The number of nitrogens with one attached hydrogen (secondary N) is 1. The summed E-state index contributed by atoms with van der Waals surface area (Å²) in [4.78, 5) is 15.5. The average Bonchev–Trinajstić information content (AvgIpc) is 2.33. The van der Waals surface area contributed by atoms with Crippen molar-refractivity contribution in [1.29, 1.82) is 0 Å². The lowest BCUT2D eigenvalue weighted by Crippen LogP contribution is -2.13. The zero-order valence-corrected chi connectivity index (χ0v) is 10.8. The fourth-order valence-corrected chi connectivity index (χ4v) is 1.85. The van der Waals surface area contributed by atoms with E-state index in [0.29, 0.717) is 0 Å². The SMILES string of the molecule is O=C(Nc1cccc(F)c1F)c1cc(Cl)nc(Cl)c1. The minimum atomic E-state index is -1.14. The minimum absolute atomic E-state index is 0.0253. The molecule has 0 spiro atoms. The third-order valence-corrected chi connectivity index (χ3v) is 2.61. The number of rotatable bonds is 2. The molecular formula is C12H6Cl2F2N2O. The number of halogens is 4. The number of nitrogens with zero attached hydrogens (tertiary/aromatic N) is 1. The molecule has 2 aromatic rings. The average molecular weight is 303 g/mol. The summed E-state index contributed by atoms with van der Waals surface area (Å²) in [5.41, 5.74) is -0.178. The first-order chi connectivity index (χ1) is 8.97. The van der Waals surface area contributed by atoms with Crippen LogP contribution in [0.2, 0.25) is 10.3 Å².